The smallest absolute Gasteiger partial charge is 0.407 e. The summed E-state index contributed by atoms with van der Waals surface area (Å²) in [6.45, 7) is 3.86. The molecule has 0 spiro atoms. The van der Waals surface area contributed by atoms with E-state index in [-0.39, 0.29) is 19.1 Å². The van der Waals surface area contributed by atoms with Crippen LogP contribution in [0.5, 0.6) is 0 Å². The van der Waals surface area contributed by atoms with E-state index in [0.29, 0.717) is 19.3 Å². The topological polar surface area (TPSA) is 105 Å². The van der Waals surface area contributed by atoms with Crippen molar-refractivity contribution < 1.29 is 24.2 Å². The van der Waals surface area contributed by atoms with Crippen molar-refractivity contribution in [1.82, 2.24) is 10.6 Å². The van der Waals surface area contributed by atoms with Gasteiger partial charge in [-0.25, -0.2) is 4.79 Å². The van der Waals surface area contributed by atoms with Crippen molar-refractivity contribution >= 4 is 18.0 Å². The van der Waals surface area contributed by atoms with Gasteiger partial charge in [0.25, 0.3) is 0 Å². The van der Waals surface area contributed by atoms with Gasteiger partial charge in [-0.15, -0.1) is 0 Å². The molecule has 2 aromatic rings. The number of carboxylic acids is 1. The van der Waals surface area contributed by atoms with Gasteiger partial charge in [-0.2, -0.15) is 0 Å². The Kier molecular flexibility index (Phi) is 7.87. The molecule has 1 aliphatic carbocycles. The second-order valence-corrected chi connectivity index (χ2v) is 8.00. The van der Waals surface area contributed by atoms with E-state index in [0.717, 1.165) is 22.3 Å². The Morgan fingerprint density at radius 3 is 2.12 bits per heavy atom. The van der Waals surface area contributed by atoms with Crippen LogP contribution in [0.4, 0.5) is 4.79 Å². The van der Waals surface area contributed by atoms with Crippen LogP contribution in [0.25, 0.3) is 11.1 Å². The van der Waals surface area contributed by atoms with Gasteiger partial charge in [0.15, 0.2) is 0 Å². The summed E-state index contributed by atoms with van der Waals surface area (Å²) in [4.78, 5) is 36.2. The summed E-state index contributed by atoms with van der Waals surface area (Å²) in [6, 6.07) is 15.3. The summed E-state index contributed by atoms with van der Waals surface area (Å²) in [7, 11) is 0. The zero-order chi connectivity index (χ0) is 23.1. The van der Waals surface area contributed by atoms with E-state index in [4.69, 9.17) is 4.74 Å². The predicted octanol–water partition coefficient (Wildman–Crippen LogP) is 3.92. The van der Waals surface area contributed by atoms with Crippen LogP contribution in [-0.4, -0.2) is 42.3 Å². The maximum absolute atomic E-state index is 12.5. The second-order valence-electron chi connectivity index (χ2n) is 8.00. The molecular formula is C25H30N2O5. The highest BCUT2D eigenvalue weighted by Crippen LogP contribution is 2.44. The number of hydrogen-bond donors (Lipinski definition) is 3. The largest absolute Gasteiger partial charge is 0.481 e. The fourth-order valence-corrected chi connectivity index (χ4v) is 4.14. The molecule has 7 nitrogen and oxygen atoms in total. The number of carbonyl (C=O) groups is 3. The molecule has 3 N–H and O–H groups in total. The molecule has 32 heavy (non-hydrogen) atoms. The highest BCUT2D eigenvalue weighted by atomic mass is 16.5. The summed E-state index contributed by atoms with van der Waals surface area (Å²) in [5.41, 5.74) is 4.51. The van der Waals surface area contributed by atoms with Crippen molar-refractivity contribution in [1.29, 1.82) is 0 Å². The Hall–Kier alpha value is -3.35. The summed E-state index contributed by atoms with van der Waals surface area (Å²) in [5.74, 6) is -2.06. The van der Waals surface area contributed by atoms with Gasteiger partial charge >= 0.3 is 12.1 Å². The van der Waals surface area contributed by atoms with Crippen LogP contribution in [0.3, 0.4) is 0 Å². The quantitative estimate of drug-likeness (QED) is 0.521. The van der Waals surface area contributed by atoms with Crippen molar-refractivity contribution in [2.75, 3.05) is 13.2 Å². The van der Waals surface area contributed by atoms with Crippen LogP contribution >= 0.6 is 0 Å². The molecule has 0 saturated heterocycles. The zero-order valence-electron chi connectivity index (χ0n) is 18.5. The van der Waals surface area contributed by atoms with Crippen molar-refractivity contribution in [3.8, 4) is 11.1 Å². The second kappa shape index (κ2) is 10.8. The van der Waals surface area contributed by atoms with Crippen LogP contribution in [0.15, 0.2) is 48.5 Å². The third-order valence-corrected chi connectivity index (χ3v) is 5.87. The molecular weight excluding hydrogens is 408 g/mol. The Labute approximate surface area is 188 Å². The summed E-state index contributed by atoms with van der Waals surface area (Å²) < 4.78 is 5.50. The van der Waals surface area contributed by atoms with Crippen LogP contribution in [0, 0.1) is 5.92 Å². The van der Waals surface area contributed by atoms with E-state index >= 15 is 0 Å². The number of aliphatic carboxylic acids is 1. The highest BCUT2D eigenvalue weighted by Gasteiger charge is 2.29. The van der Waals surface area contributed by atoms with Gasteiger partial charge in [0, 0.05) is 12.5 Å². The first-order valence-electron chi connectivity index (χ1n) is 11.1. The van der Waals surface area contributed by atoms with Crippen LogP contribution in [0.1, 0.15) is 50.2 Å². The van der Waals surface area contributed by atoms with E-state index < -0.39 is 29.9 Å². The van der Waals surface area contributed by atoms with Gasteiger partial charge in [0.05, 0.1) is 5.92 Å². The number of ether oxygens (including phenoxy) is 1. The summed E-state index contributed by atoms with van der Waals surface area (Å²) in [6.07, 6.45) is 0.882. The molecule has 7 heteroatoms. The van der Waals surface area contributed by atoms with Crippen molar-refractivity contribution in [2.24, 2.45) is 5.92 Å². The van der Waals surface area contributed by atoms with Crippen LogP contribution in [0.2, 0.25) is 0 Å². The average molecular weight is 439 g/mol. The summed E-state index contributed by atoms with van der Waals surface area (Å²) >= 11 is 0. The first kappa shape index (κ1) is 23.3. The minimum Gasteiger partial charge on any atom is -0.481 e. The molecule has 0 bridgehead atoms. The highest BCUT2D eigenvalue weighted by molar-refractivity contribution is 5.86. The molecule has 1 unspecified atom stereocenters. The fourth-order valence-electron chi connectivity index (χ4n) is 4.14. The number of carbonyl (C=O) groups excluding carboxylic acids is 2. The molecule has 0 aliphatic heterocycles. The number of rotatable bonds is 10. The zero-order valence-corrected chi connectivity index (χ0v) is 18.5. The number of carboxylic acid groups (broad SMARTS) is 1. The number of fused-ring (bicyclic) bond motifs is 3. The molecule has 0 heterocycles. The number of nitrogens with one attached hydrogen (secondary N) is 2. The van der Waals surface area contributed by atoms with E-state index in [1.54, 1.807) is 6.92 Å². The lowest BCUT2D eigenvalue weighted by Crippen LogP contribution is -2.48. The Bertz CT molecular complexity index is 929. The van der Waals surface area contributed by atoms with E-state index in [2.05, 4.69) is 22.8 Å². The fraction of sp³-hybridized carbons (Fsp3) is 0.400. The molecule has 0 saturated carbocycles. The minimum absolute atomic E-state index is 0.0326. The Morgan fingerprint density at radius 1 is 1.00 bits per heavy atom. The number of hydrogen-bond acceptors (Lipinski definition) is 4. The number of amides is 2. The maximum atomic E-state index is 12.5. The van der Waals surface area contributed by atoms with Gasteiger partial charge in [0.2, 0.25) is 5.91 Å². The molecule has 0 fully saturated rings. The maximum Gasteiger partial charge on any atom is 0.407 e. The van der Waals surface area contributed by atoms with Gasteiger partial charge in [0.1, 0.15) is 12.6 Å². The SMILES string of the molecule is CCCC(CNC(=O)[C@@H](CC)NC(=O)OCC1c2ccccc2-c2ccccc21)C(=O)O. The molecule has 2 atom stereocenters. The third kappa shape index (κ3) is 5.28. The molecule has 0 aromatic heterocycles. The first-order valence-corrected chi connectivity index (χ1v) is 11.1. The standard InChI is InChI=1S/C25H30N2O5/c1-3-9-16(24(29)30)14-26-23(28)22(4-2)27-25(31)32-15-21-19-12-7-5-10-17(19)18-11-6-8-13-20(18)21/h5-8,10-13,16,21-22H,3-4,9,14-15H2,1-2H3,(H,26,28)(H,27,31)(H,29,30)/t16?,22-/m1/s1. The molecule has 1 aliphatic rings. The lowest BCUT2D eigenvalue weighted by Gasteiger charge is -2.20. The van der Waals surface area contributed by atoms with Crippen molar-refractivity contribution in [3.05, 3.63) is 59.7 Å². The molecule has 0 radical (unpaired) electrons. The Balaban J connectivity index is 1.57. The molecule has 2 amide bonds. The average Bonchev–Trinajstić information content (AvgIpc) is 3.12. The van der Waals surface area contributed by atoms with E-state index in [9.17, 15) is 19.5 Å². The monoisotopic (exact) mass is 438 g/mol. The molecule has 170 valence electrons. The first-order chi connectivity index (χ1) is 15.5. The third-order valence-electron chi connectivity index (χ3n) is 5.87. The molecule has 2 aromatic carbocycles. The van der Waals surface area contributed by atoms with Crippen molar-refractivity contribution in [3.63, 3.8) is 0 Å². The van der Waals surface area contributed by atoms with Gasteiger partial charge in [-0.3, -0.25) is 9.59 Å². The summed E-state index contributed by atoms with van der Waals surface area (Å²) in [5, 5.41) is 14.5. The molecule has 3 rings (SSSR count). The Morgan fingerprint density at radius 2 is 1.59 bits per heavy atom. The minimum atomic E-state index is -0.940. The normalized spacial score (nSPS) is 14.1. The van der Waals surface area contributed by atoms with Crippen LogP contribution in [-0.2, 0) is 14.3 Å². The van der Waals surface area contributed by atoms with Gasteiger partial charge in [-0.1, -0.05) is 68.8 Å². The lowest BCUT2D eigenvalue weighted by molar-refractivity contribution is -0.142. The van der Waals surface area contributed by atoms with E-state index in [1.165, 1.54) is 0 Å². The van der Waals surface area contributed by atoms with Crippen LogP contribution < -0.4 is 10.6 Å². The number of alkyl carbamates (subject to hydrolysis) is 1. The lowest BCUT2D eigenvalue weighted by atomic mass is 9.98. The van der Waals surface area contributed by atoms with E-state index in [1.807, 2.05) is 43.3 Å². The van der Waals surface area contributed by atoms with Crippen molar-refractivity contribution in [2.45, 2.75) is 45.1 Å². The van der Waals surface area contributed by atoms with Gasteiger partial charge < -0.3 is 20.5 Å². The predicted molar refractivity (Wildman–Crippen MR) is 121 cm³/mol. The van der Waals surface area contributed by atoms with Gasteiger partial charge in [-0.05, 0) is 35.1 Å². The number of benzene rings is 2.